The smallest absolute Gasteiger partial charge is 0.0924 e. The van der Waals surface area contributed by atoms with Crippen LogP contribution in [0.3, 0.4) is 0 Å². The second-order valence-electron chi connectivity index (χ2n) is 9.35. The standard InChI is InChI=1S/3C6H6N2O2.3C4H9NO2.Mo/c3*9-6(10)2-1-5-3-7-4-8-5;3*1-3(2-5)4(6)7;/h3*1-4H,(H,7,8)(H,9,10);3*3H,2,5H2,1H3,(H,6,7);/p-6. The molecule has 0 spiro atoms. The van der Waals surface area contributed by atoms with Gasteiger partial charge in [0, 0.05) is 76.4 Å². The van der Waals surface area contributed by atoms with Gasteiger partial charge in [-0.2, -0.15) is 0 Å². The van der Waals surface area contributed by atoms with E-state index in [1.54, 1.807) is 0 Å². The molecule has 0 amide bonds. The molecule has 3 aromatic rings. The quantitative estimate of drug-likeness (QED) is 0.0730. The van der Waals surface area contributed by atoms with E-state index in [2.05, 4.69) is 29.9 Å². The maximum atomic E-state index is 9.86. The van der Waals surface area contributed by atoms with E-state index >= 15 is 0 Å². The number of aromatic amines is 3. The summed E-state index contributed by atoms with van der Waals surface area (Å²) in [5.41, 5.74) is 16.8. The van der Waals surface area contributed by atoms with Gasteiger partial charge in [0.2, 0.25) is 0 Å². The molecule has 0 saturated heterocycles. The fraction of sp³-hybridized carbons (Fsp3) is 0.300. The van der Waals surface area contributed by atoms with Crippen LogP contribution < -0.4 is 47.8 Å². The van der Waals surface area contributed by atoms with Crippen molar-refractivity contribution in [2.45, 2.75) is 20.8 Å². The molecule has 3 heterocycles. The number of nitrogens with two attached hydrogens (primary N) is 3. The van der Waals surface area contributed by atoms with Gasteiger partial charge in [-0.05, 0) is 36.5 Å². The topological polar surface area (TPSA) is 405 Å². The van der Waals surface area contributed by atoms with Gasteiger partial charge in [-0.1, -0.05) is 20.8 Å². The van der Waals surface area contributed by atoms with E-state index in [9.17, 15) is 59.4 Å². The fourth-order valence-electron chi connectivity index (χ4n) is 1.84. The molecule has 9 N–H and O–H groups in total. The number of aromatic nitrogens is 6. The zero-order valence-corrected chi connectivity index (χ0v) is 30.2. The van der Waals surface area contributed by atoms with Crippen molar-refractivity contribution in [3.63, 3.8) is 0 Å². The molecule has 21 nitrogen and oxygen atoms in total. The molecule has 3 unspecified atom stereocenters. The van der Waals surface area contributed by atoms with Crippen molar-refractivity contribution in [3.8, 4) is 0 Å². The summed E-state index contributed by atoms with van der Waals surface area (Å²) in [4.78, 5) is 78.0. The summed E-state index contributed by atoms with van der Waals surface area (Å²) in [5.74, 6) is -8.42. The van der Waals surface area contributed by atoms with Gasteiger partial charge in [0.15, 0.2) is 0 Å². The van der Waals surface area contributed by atoms with Crippen molar-refractivity contribution < 1.29 is 80.5 Å². The van der Waals surface area contributed by atoms with Crippen LogP contribution in [0.25, 0.3) is 18.2 Å². The minimum atomic E-state index is -1.21. The van der Waals surface area contributed by atoms with Gasteiger partial charge in [-0.25, -0.2) is 15.0 Å². The monoisotopic (exact) mass is 815 g/mol. The molecule has 3 aromatic heterocycles. The SMILES string of the molecule is CC(CN)C(=O)[O-].CC(CN)C(=O)[O-].CC(CN)C(=O)[O-].O=C([O-])C=Cc1cnc[nH]1.O=C([O-])C=Cc1cnc[nH]1.O=C([O-])C=Cc1cnc[nH]1.[Mo]. The number of carboxylic acid groups (broad SMARTS) is 6. The number of nitrogens with one attached hydrogen (secondary N) is 3. The van der Waals surface area contributed by atoms with E-state index in [0.29, 0.717) is 17.1 Å². The molecular formula is C30H39MoN9O12-6. The predicted octanol–water partition coefficient (Wildman–Crippen LogP) is -7.49. The number of H-pyrrole nitrogens is 3. The first-order valence-electron chi connectivity index (χ1n) is 14.3. The van der Waals surface area contributed by atoms with E-state index < -0.39 is 53.6 Å². The molecule has 0 saturated carbocycles. The van der Waals surface area contributed by atoms with Gasteiger partial charge < -0.3 is 91.6 Å². The Morgan fingerprint density at radius 3 is 0.846 bits per heavy atom. The summed E-state index contributed by atoms with van der Waals surface area (Å²) in [6, 6.07) is 0. The Bertz CT molecular complexity index is 1300. The molecule has 0 aliphatic heterocycles. The van der Waals surface area contributed by atoms with Gasteiger partial charge in [0.1, 0.15) is 0 Å². The van der Waals surface area contributed by atoms with Gasteiger partial charge >= 0.3 is 0 Å². The Labute approximate surface area is 312 Å². The van der Waals surface area contributed by atoms with Gasteiger partial charge in [0.25, 0.3) is 0 Å². The number of rotatable bonds is 12. The average Bonchev–Trinajstić information content (AvgIpc) is 3.90. The summed E-state index contributed by atoms with van der Waals surface area (Å²) in [6.07, 6.45) is 15.9. The second-order valence-corrected chi connectivity index (χ2v) is 9.35. The molecule has 0 radical (unpaired) electrons. The predicted molar refractivity (Wildman–Crippen MR) is 168 cm³/mol. The third-order valence-corrected chi connectivity index (χ3v) is 5.02. The molecule has 3 rings (SSSR count). The van der Waals surface area contributed by atoms with E-state index in [0.717, 1.165) is 18.2 Å². The van der Waals surface area contributed by atoms with Crippen LogP contribution in [0.5, 0.6) is 0 Å². The minimum absolute atomic E-state index is 0. The van der Waals surface area contributed by atoms with Gasteiger partial charge in [-0.15, -0.1) is 0 Å². The molecule has 0 bridgehead atoms. The van der Waals surface area contributed by atoms with Crippen molar-refractivity contribution >= 4 is 54.0 Å². The summed E-state index contributed by atoms with van der Waals surface area (Å²) >= 11 is 0. The normalized spacial score (nSPS) is 11.4. The number of nitrogens with zero attached hydrogens (tertiary/aromatic N) is 3. The zero-order valence-electron chi connectivity index (χ0n) is 28.2. The fourth-order valence-corrected chi connectivity index (χ4v) is 1.84. The number of hydrogen-bond donors (Lipinski definition) is 6. The Kier molecular flexibility index (Phi) is 34.4. The Balaban J connectivity index is -0.000000267. The third-order valence-electron chi connectivity index (χ3n) is 5.02. The van der Waals surface area contributed by atoms with Crippen LogP contribution >= 0.6 is 0 Å². The van der Waals surface area contributed by atoms with Crippen molar-refractivity contribution in [1.29, 1.82) is 0 Å². The first-order valence-corrected chi connectivity index (χ1v) is 14.3. The number of carbonyl (C=O) groups excluding carboxylic acids is 6. The van der Waals surface area contributed by atoms with Crippen LogP contribution in [0.15, 0.2) is 55.8 Å². The molecule has 52 heavy (non-hydrogen) atoms. The first kappa shape index (κ1) is 53.0. The Hall–Kier alpha value is -5.76. The van der Waals surface area contributed by atoms with E-state index in [1.165, 1.54) is 76.6 Å². The molecule has 0 fully saturated rings. The van der Waals surface area contributed by atoms with Crippen LogP contribution in [0.2, 0.25) is 0 Å². The largest absolute Gasteiger partial charge is 0.550 e. The van der Waals surface area contributed by atoms with Crippen LogP contribution in [0.1, 0.15) is 37.9 Å². The van der Waals surface area contributed by atoms with Gasteiger partial charge in [-0.3, -0.25) is 0 Å². The van der Waals surface area contributed by atoms with Crippen LogP contribution in [0.4, 0.5) is 0 Å². The van der Waals surface area contributed by atoms with Crippen LogP contribution in [-0.2, 0) is 49.8 Å². The summed E-state index contributed by atoms with van der Waals surface area (Å²) in [5, 5.41) is 58.8. The zero-order chi connectivity index (χ0) is 39.8. The van der Waals surface area contributed by atoms with Crippen molar-refractivity contribution in [3.05, 3.63) is 72.9 Å². The molecular weight excluding hydrogens is 774 g/mol. The number of carboxylic acids is 6. The van der Waals surface area contributed by atoms with Crippen molar-refractivity contribution in [2.24, 2.45) is 35.0 Å². The number of aliphatic carboxylic acids is 6. The summed E-state index contributed by atoms with van der Waals surface area (Å²) < 4.78 is 0. The van der Waals surface area contributed by atoms with E-state index in [1.807, 2.05) is 0 Å². The Morgan fingerprint density at radius 2 is 0.750 bits per heavy atom. The average molecular weight is 814 g/mol. The molecule has 0 aliphatic rings. The maximum Gasteiger partial charge on any atom is 0.0924 e. The van der Waals surface area contributed by atoms with Crippen LogP contribution in [-0.4, -0.2) is 85.4 Å². The van der Waals surface area contributed by atoms with E-state index in [-0.39, 0.29) is 40.7 Å². The van der Waals surface area contributed by atoms with Crippen LogP contribution in [0, 0.1) is 17.8 Å². The Morgan fingerprint density at radius 1 is 0.538 bits per heavy atom. The number of hydrogen-bond acceptors (Lipinski definition) is 18. The van der Waals surface area contributed by atoms with Crippen molar-refractivity contribution in [1.82, 2.24) is 29.9 Å². The third kappa shape index (κ3) is 35.5. The van der Waals surface area contributed by atoms with Crippen molar-refractivity contribution in [2.75, 3.05) is 19.6 Å². The summed E-state index contributed by atoms with van der Waals surface area (Å²) in [6.45, 7) is 4.99. The second kappa shape index (κ2) is 33.7. The van der Waals surface area contributed by atoms with Gasteiger partial charge in [0.05, 0.1) is 72.6 Å². The number of imidazole rings is 3. The number of carbonyl (C=O) groups is 6. The molecule has 288 valence electrons. The maximum absolute atomic E-state index is 9.86. The first-order chi connectivity index (χ1) is 23.9. The molecule has 0 aromatic carbocycles. The minimum Gasteiger partial charge on any atom is -0.550 e. The molecule has 0 aliphatic carbocycles. The molecule has 3 atom stereocenters. The van der Waals surface area contributed by atoms with E-state index in [4.69, 9.17) is 17.2 Å². The summed E-state index contributed by atoms with van der Waals surface area (Å²) in [7, 11) is 0. The molecule has 22 heteroatoms.